The number of nitrogens with zero attached hydrogens (tertiary/aromatic N) is 1. The van der Waals surface area contributed by atoms with Crippen LogP contribution in [-0.2, 0) is 0 Å². The zero-order valence-corrected chi connectivity index (χ0v) is 7.19. The summed E-state index contributed by atoms with van der Waals surface area (Å²) in [4.78, 5) is 2.58. The average molecular weight is 157 g/mol. The van der Waals surface area contributed by atoms with Crippen LogP contribution in [0.5, 0.6) is 0 Å². The van der Waals surface area contributed by atoms with E-state index in [0.717, 1.165) is 5.92 Å². The lowest BCUT2D eigenvalue weighted by Crippen LogP contribution is -2.45. The molecule has 3 atom stereocenters. The summed E-state index contributed by atoms with van der Waals surface area (Å²) in [6, 6.07) is 0. The van der Waals surface area contributed by atoms with E-state index in [-0.39, 0.29) is 0 Å². The van der Waals surface area contributed by atoms with E-state index in [9.17, 15) is 0 Å². The van der Waals surface area contributed by atoms with Crippen LogP contribution < -0.4 is 0 Å². The molecule has 0 saturated carbocycles. The summed E-state index contributed by atoms with van der Waals surface area (Å²) < 4.78 is 0. The Morgan fingerprint density at radius 2 is 2.10 bits per heavy atom. The molecule has 0 aromatic rings. The van der Waals surface area contributed by atoms with E-state index in [0.29, 0.717) is 5.25 Å². The lowest BCUT2D eigenvalue weighted by atomic mass is 9.89. The van der Waals surface area contributed by atoms with Crippen molar-refractivity contribution in [2.75, 3.05) is 19.6 Å². The molecule has 2 bridgehead atoms. The van der Waals surface area contributed by atoms with Gasteiger partial charge in [0, 0.05) is 11.8 Å². The minimum Gasteiger partial charge on any atom is -0.303 e. The van der Waals surface area contributed by atoms with Crippen LogP contribution >= 0.6 is 12.6 Å². The first-order valence-electron chi connectivity index (χ1n) is 4.26. The summed E-state index contributed by atoms with van der Waals surface area (Å²) in [5.41, 5.74) is 0. The van der Waals surface area contributed by atoms with Gasteiger partial charge in [-0.25, -0.2) is 0 Å². The molecule has 0 spiro atoms. The normalized spacial score (nSPS) is 47.1. The molecule has 2 heteroatoms. The van der Waals surface area contributed by atoms with E-state index >= 15 is 0 Å². The van der Waals surface area contributed by atoms with Gasteiger partial charge in [-0.2, -0.15) is 12.6 Å². The van der Waals surface area contributed by atoms with Gasteiger partial charge >= 0.3 is 0 Å². The molecule has 2 aliphatic heterocycles. The molecule has 2 heterocycles. The summed E-state index contributed by atoms with van der Waals surface area (Å²) in [7, 11) is 0. The Bertz CT molecular complexity index is 124. The summed E-state index contributed by atoms with van der Waals surface area (Å²) in [6.07, 6.45) is 4.14. The van der Waals surface area contributed by atoms with Crippen LogP contribution in [0.2, 0.25) is 0 Å². The third kappa shape index (κ3) is 1.19. The molecule has 2 aliphatic rings. The van der Waals surface area contributed by atoms with E-state index < -0.39 is 0 Å². The van der Waals surface area contributed by atoms with Crippen molar-refractivity contribution in [2.24, 2.45) is 5.92 Å². The van der Waals surface area contributed by atoms with Crippen molar-refractivity contribution >= 4 is 12.6 Å². The molecule has 0 aliphatic carbocycles. The van der Waals surface area contributed by atoms with Gasteiger partial charge in [0.25, 0.3) is 0 Å². The first kappa shape index (κ1) is 6.99. The van der Waals surface area contributed by atoms with E-state index in [1.807, 2.05) is 0 Å². The van der Waals surface area contributed by atoms with Crippen LogP contribution in [0.4, 0.5) is 0 Å². The van der Waals surface area contributed by atoms with Crippen molar-refractivity contribution in [3.63, 3.8) is 0 Å². The van der Waals surface area contributed by atoms with Gasteiger partial charge in [-0.15, -0.1) is 0 Å². The molecule has 0 N–H and O–H groups in total. The van der Waals surface area contributed by atoms with Gasteiger partial charge < -0.3 is 4.90 Å². The van der Waals surface area contributed by atoms with E-state index in [1.54, 1.807) is 0 Å². The van der Waals surface area contributed by atoms with Crippen molar-refractivity contribution in [1.82, 2.24) is 4.90 Å². The Morgan fingerprint density at radius 3 is 2.90 bits per heavy atom. The second-order valence-corrected chi connectivity index (χ2v) is 4.22. The fraction of sp³-hybridized carbons (Fsp3) is 1.00. The quantitative estimate of drug-likeness (QED) is 0.520. The molecular weight excluding hydrogens is 142 g/mol. The van der Waals surface area contributed by atoms with Gasteiger partial charge in [-0.05, 0) is 38.3 Å². The van der Waals surface area contributed by atoms with Gasteiger partial charge in [-0.1, -0.05) is 0 Å². The van der Waals surface area contributed by atoms with Crippen LogP contribution in [-0.4, -0.2) is 29.8 Å². The first-order valence-corrected chi connectivity index (χ1v) is 4.78. The molecule has 1 nitrogen and oxygen atoms in total. The van der Waals surface area contributed by atoms with Crippen LogP contribution in [0.25, 0.3) is 0 Å². The smallest absolute Gasteiger partial charge is 0.00694 e. The van der Waals surface area contributed by atoms with Crippen molar-refractivity contribution in [1.29, 1.82) is 0 Å². The molecule has 3 unspecified atom stereocenters. The maximum atomic E-state index is 4.58. The van der Waals surface area contributed by atoms with E-state index in [2.05, 4.69) is 17.5 Å². The lowest BCUT2D eigenvalue weighted by molar-refractivity contribution is 0.130. The Balaban J connectivity index is 2.00. The molecule has 2 fully saturated rings. The van der Waals surface area contributed by atoms with Crippen LogP contribution in [0, 0.1) is 5.92 Å². The number of hydrogen-bond acceptors (Lipinski definition) is 2. The summed E-state index contributed by atoms with van der Waals surface area (Å²) in [5.74, 6) is 0.908. The molecular formula is C8H15NS. The molecule has 0 aromatic carbocycles. The maximum Gasteiger partial charge on any atom is 0.00694 e. The SMILES string of the molecule is SC1CCN2CCCC1C2. The predicted molar refractivity (Wildman–Crippen MR) is 46.6 cm³/mol. The largest absolute Gasteiger partial charge is 0.303 e. The highest BCUT2D eigenvalue weighted by atomic mass is 32.1. The second-order valence-electron chi connectivity index (χ2n) is 3.56. The highest BCUT2D eigenvalue weighted by molar-refractivity contribution is 7.81. The Kier molecular flexibility index (Phi) is 1.92. The van der Waals surface area contributed by atoms with Crippen LogP contribution in [0.3, 0.4) is 0 Å². The van der Waals surface area contributed by atoms with Crippen molar-refractivity contribution in [3.8, 4) is 0 Å². The Hall–Kier alpha value is 0.310. The minimum atomic E-state index is 0.705. The number of thiol groups is 1. The highest BCUT2D eigenvalue weighted by Crippen LogP contribution is 2.29. The average Bonchev–Trinajstić information content (AvgIpc) is 1.99. The molecule has 0 aromatic heterocycles. The number of rotatable bonds is 0. The monoisotopic (exact) mass is 157 g/mol. The topological polar surface area (TPSA) is 3.24 Å². The summed E-state index contributed by atoms with van der Waals surface area (Å²) >= 11 is 4.58. The second kappa shape index (κ2) is 2.74. The summed E-state index contributed by atoms with van der Waals surface area (Å²) in [6.45, 7) is 3.97. The number of hydrogen-bond donors (Lipinski definition) is 1. The third-order valence-corrected chi connectivity index (χ3v) is 3.51. The summed E-state index contributed by atoms with van der Waals surface area (Å²) in [5, 5.41) is 0.705. The lowest BCUT2D eigenvalue weighted by Gasteiger charge is -2.40. The highest BCUT2D eigenvalue weighted by Gasteiger charge is 2.29. The molecule has 10 heavy (non-hydrogen) atoms. The van der Waals surface area contributed by atoms with Gasteiger partial charge in [0.2, 0.25) is 0 Å². The standard InChI is InChI=1S/C8H15NS/c10-8-3-5-9-4-1-2-7(8)6-9/h7-8,10H,1-6H2. The minimum absolute atomic E-state index is 0.705. The molecule has 2 saturated heterocycles. The Labute approximate surface area is 68.2 Å². The fourth-order valence-electron chi connectivity index (χ4n) is 2.16. The fourth-order valence-corrected chi connectivity index (χ4v) is 2.52. The molecule has 0 amide bonds. The Morgan fingerprint density at radius 1 is 1.20 bits per heavy atom. The third-order valence-electron chi connectivity index (χ3n) is 2.83. The van der Waals surface area contributed by atoms with E-state index in [4.69, 9.17) is 0 Å². The van der Waals surface area contributed by atoms with Crippen molar-refractivity contribution in [3.05, 3.63) is 0 Å². The van der Waals surface area contributed by atoms with Gasteiger partial charge in [0.15, 0.2) is 0 Å². The van der Waals surface area contributed by atoms with Crippen LogP contribution in [0.1, 0.15) is 19.3 Å². The predicted octanol–water partition coefficient (Wildman–Crippen LogP) is 1.40. The van der Waals surface area contributed by atoms with Crippen LogP contribution in [0.15, 0.2) is 0 Å². The zero-order chi connectivity index (χ0) is 6.97. The van der Waals surface area contributed by atoms with Crippen molar-refractivity contribution in [2.45, 2.75) is 24.5 Å². The van der Waals surface area contributed by atoms with Crippen molar-refractivity contribution < 1.29 is 0 Å². The van der Waals surface area contributed by atoms with Gasteiger partial charge in [-0.3, -0.25) is 0 Å². The zero-order valence-electron chi connectivity index (χ0n) is 6.29. The van der Waals surface area contributed by atoms with Gasteiger partial charge in [0.1, 0.15) is 0 Å². The molecule has 0 radical (unpaired) electrons. The number of piperidine rings is 2. The maximum absolute atomic E-state index is 4.58. The molecule has 58 valence electrons. The number of fused-ring (bicyclic) bond motifs is 2. The van der Waals surface area contributed by atoms with E-state index in [1.165, 1.54) is 38.9 Å². The van der Waals surface area contributed by atoms with Gasteiger partial charge in [0.05, 0.1) is 0 Å². The molecule has 2 rings (SSSR count). The first-order chi connectivity index (χ1) is 4.86.